The summed E-state index contributed by atoms with van der Waals surface area (Å²) in [7, 11) is 1.74. The van der Waals surface area contributed by atoms with E-state index in [2.05, 4.69) is 36.9 Å². The Bertz CT molecular complexity index is 585. The Morgan fingerprint density at radius 1 is 1.33 bits per heavy atom. The molecule has 0 aliphatic rings. The lowest BCUT2D eigenvalue weighted by Gasteiger charge is -2.30. The molecule has 0 saturated carbocycles. The van der Waals surface area contributed by atoms with Crippen molar-refractivity contribution in [3.05, 3.63) is 35.9 Å². The molecule has 2 rings (SSSR count). The summed E-state index contributed by atoms with van der Waals surface area (Å²) in [6.07, 6.45) is 0.837. The first-order valence-corrected chi connectivity index (χ1v) is 7.55. The van der Waals surface area contributed by atoms with E-state index in [0.717, 1.165) is 24.3 Å². The maximum Gasteiger partial charge on any atom is 0.132 e. The van der Waals surface area contributed by atoms with Gasteiger partial charge in [-0.25, -0.2) is 4.98 Å². The van der Waals surface area contributed by atoms with E-state index in [1.54, 1.807) is 7.11 Å². The van der Waals surface area contributed by atoms with Gasteiger partial charge in [0.15, 0.2) is 0 Å². The summed E-state index contributed by atoms with van der Waals surface area (Å²) in [6, 6.07) is 10.7. The SMILES string of the molecule is CCN(c1nc2ccccc2cc1CCN)C(C)COC. The van der Waals surface area contributed by atoms with Crippen LogP contribution in [0.4, 0.5) is 5.82 Å². The van der Waals surface area contributed by atoms with Crippen molar-refractivity contribution in [2.75, 3.05) is 31.7 Å². The second-order valence-electron chi connectivity index (χ2n) is 5.29. The van der Waals surface area contributed by atoms with Gasteiger partial charge in [-0.3, -0.25) is 0 Å². The molecule has 0 spiro atoms. The molecule has 4 nitrogen and oxygen atoms in total. The Kier molecular flexibility index (Phi) is 5.53. The minimum Gasteiger partial charge on any atom is -0.383 e. The fourth-order valence-electron chi connectivity index (χ4n) is 2.74. The molecule has 1 aromatic carbocycles. The van der Waals surface area contributed by atoms with Crippen LogP contribution in [0.2, 0.25) is 0 Å². The van der Waals surface area contributed by atoms with Crippen LogP contribution in [-0.4, -0.2) is 37.8 Å². The average molecular weight is 287 g/mol. The van der Waals surface area contributed by atoms with E-state index in [9.17, 15) is 0 Å². The van der Waals surface area contributed by atoms with Crippen molar-refractivity contribution in [3.8, 4) is 0 Å². The molecule has 1 aromatic heterocycles. The Morgan fingerprint density at radius 2 is 2.10 bits per heavy atom. The summed E-state index contributed by atoms with van der Waals surface area (Å²) in [4.78, 5) is 7.18. The lowest BCUT2D eigenvalue weighted by molar-refractivity contribution is 0.181. The van der Waals surface area contributed by atoms with Crippen LogP contribution >= 0.6 is 0 Å². The number of likely N-dealkylation sites (N-methyl/N-ethyl adjacent to an activating group) is 1. The second-order valence-corrected chi connectivity index (χ2v) is 5.29. The average Bonchev–Trinajstić information content (AvgIpc) is 2.49. The van der Waals surface area contributed by atoms with Gasteiger partial charge < -0.3 is 15.4 Å². The van der Waals surface area contributed by atoms with Gasteiger partial charge in [-0.1, -0.05) is 18.2 Å². The normalized spacial score (nSPS) is 12.6. The quantitative estimate of drug-likeness (QED) is 0.850. The molecule has 0 fully saturated rings. The van der Waals surface area contributed by atoms with Crippen LogP contribution < -0.4 is 10.6 Å². The van der Waals surface area contributed by atoms with E-state index in [4.69, 9.17) is 15.5 Å². The number of benzene rings is 1. The van der Waals surface area contributed by atoms with E-state index < -0.39 is 0 Å². The van der Waals surface area contributed by atoms with Gasteiger partial charge in [0, 0.05) is 19.0 Å². The molecule has 0 radical (unpaired) electrons. The van der Waals surface area contributed by atoms with Gasteiger partial charge in [0.05, 0.1) is 18.2 Å². The minimum absolute atomic E-state index is 0.283. The number of hydrogen-bond donors (Lipinski definition) is 1. The molecule has 0 amide bonds. The minimum atomic E-state index is 0.283. The molecule has 21 heavy (non-hydrogen) atoms. The van der Waals surface area contributed by atoms with Crippen LogP contribution in [0.15, 0.2) is 30.3 Å². The molecule has 2 N–H and O–H groups in total. The molecule has 0 saturated heterocycles. The maximum absolute atomic E-state index is 5.78. The van der Waals surface area contributed by atoms with Crippen molar-refractivity contribution in [2.45, 2.75) is 26.3 Å². The first-order chi connectivity index (χ1) is 10.2. The van der Waals surface area contributed by atoms with Crippen molar-refractivity contribution in [3.63, 3.8) is 0 Å². The van der Waals surface area contributed by atoms with E-state index in [0.29, 0.717) is 13.2 Å². The first kappa shape index (κ1) is 15.7. The van der Waals surface area contributed by atoms with E-state index in [1.807, 2.05) is 12.1 Å². The number of rotatable bonds is 7. The summed E-state index contributed by atoms with van der Waals surface area (Å²) in [6.45, 7) is 6.52. The monoisotopic (exact) mass is 287 g/mol. The first-order valence-electron chi connectivity index (χ1n) is 7.55. The third kappa shape index (κ3) is 3.52. The number of para-hydroxylation sites is 1. The van der Waals surface area contributed by atoms with Crippen molar-refractivity contribution < 1.29 is 4.74 Å². The van der Waals surface area contributed by atoms with Crippen LogP contribution in [0.5, 0.6) is 0 Å². The van der Waals surface area contributed by atoms with Crippen molar-refractivity contribution in [2.24, 2.45) is 5.73 Å². The van der Waals surface area contributed by atoms with Crippen molar-refractivity contribution in [1.82, 2.24) is 4.98 Å². The molecule has 1 atom stereocenters. The molecule has 1 unspecified atom stereocenters. The van der Waals surface area contributed by atoms with Gasteiger partial charge in [-0.2, -0.15) is 0 Å². The van der Waals surface area contributed by atoms with Gasteiger partial charge in [0.2, 0.25) is 0 Å². The molecular formula is C17H25N3O. The summed E-state index contributed by atoms with van der Waals surface area (Å²) in [5.41, 5.74) is 8.01. The van der Waals surface area contributed by atoms with Crippen LogP contribution in [-0.2, 0) is 11.2 Å². The Balaban J connectivity index is 2.50. The van der Waals surface area contributed by atoms with Gasteiger partial charge in [-0.15, -0.1) is 0 Å². The van der Waals surface area contributed by atoms with E-state index in [1.165, 1.54) is 10.9 Å². The molecule has 114 valence electrons. The summed E-state index contributed by atoms with van der Waals surface area (Å²) >= 11 is 0. The van der Waals surface area contributed by atoms with Gasteiger partial charge >= 0.3 is 0 Å². The third-order valence-corrected chi connectivity index (χ3v) is 3.75. The highest BCUT2D eigenvalue weighted by atomic mass is 16.5. The zero-order valence-corrected chi connectivity index (χ0v) is 13.2. The molecular weight excluding hydrogens is 262 g/mol. The predicted octanol–water partition coefficient (Wildman–Crippen LogP) is 2.60. The predicted molar refractivity (Wildman–Crippen MR) is 88.9 cm³/mol. The Hall–Kier alpha value is -1.65. The number of fused-ring (bicyclic) bond motifs is 1. The highest BCUT2D eigenvalue weighted by Crippen LogP contribution is 2.25. The van der Waals surface area contributed by atoms with Gasteiger partial charge in [0.25, 0.3) is 0 Å². The lowest BCUT2D eigenvalue weighted by Crippen LogP contribution is -2.37. The van der Waals surface area contributed by atoms with Crippen LogP contribution in [0.3, 0.4) is 0 Å². The maximum atomic E-state index is 5.78. The summed E-state index contributed by atoms with van der Waals surface area (Å²) < 4.78 is 5.30. The highest BCUT2D eigenvalue weighted by Gasteiger charge is 2.18. The molecule has 4 heteroatoms. The standard InChI is InChI=1S/C17H25N3O/c1-4-20(13(2)12-21-3)17-15(9-10-18)11-14-7-5-6-8-16(14)19-17/h5-8,11,13H,4,9-10,12,18H2,1-3H3. The number of methoxy groups -OCH3 is 1. The number of pyridine rings is 1. The van der Waals surface area contributed by atoms with Crippen LogP contribution in [0.25, 0.3) is 10.9 Å². The Morgan fingerprint density at radius 3 is 2.76 bits per heavy atom. The number of ether oxygens (including phenoxy) is 1. The van der Waals surface area contributed by atoms with Crippen LogP contribution in [0.1, 0.15) is 19.4 Å². The third-order valence-electron chi connectivity index (χ3n) is 3.75. The van der Waals surface area contributed by atoms with Gasteiger partial charge in [0.1, 0.15) is 5.82 Å². The fourth-order valence-corrected chi connectivity index (χ4v) is 2.74. The summed E-state index contributed by atoms with van der Waals surface area (Å²) in [5.74, 6) is 1.03. The number of hydrogen-bond acceptors (Lipinski definition) is 4. The van der Waals surface area contributed by atoms with Crippen LogP contribution in [0, 0.1) is 0 Å². The second kappa shape index (κ2) is 7.38. The van der Waals surface area contributed by atoms with Crippen molar-refractivity contribution in [1.29, 1.82) is 0 Å². The fraction of sp³-hybridized carbons (Fsp3) is 0.471. The van der Waals surface area contributed by atoms with E-state index >= 15 is 0 Å². The zero-order valence-electron chi connectivity index (χ0n) is 13.2. The molecule has 0 bridgehead atoms. The molecule has 0 aliphatic heterocycles. The molecule has 2 aromatic rings. The van der Waals surface area contributed by atoms with Crippen molar-refractivity contribution >= 4 is 16.7 Å². The number of aromatic nitrogens is 1. The van der Waals surface area contributed by atoms with Gasteiger partial charge in [-0.05, 0) is 44.5 Å². The molecule has 0 aliphatic carbocycles. The smallest absolute Gasteiger partial charge is 0.132 e. The highest BCUT2D eigenvalue weighted by molar-refractivity contribution is 5.82. The lowest BCUT2D eigenvalue weighted by atomic mass is 10.1. The number of nitrogens with two attached hydrogens (primary N) is 1. The Labute approximate surface area is 126 Å². The molecule has 1 heterocycles. The number of nitrogens with zero attached hydrogens (tertiary/aromatic N) is 2. The number of anilines is 1. The topological polar surface area (TPSA) is 51.4 Å². The van der Waals surface area contributed by atoms with E-state index in [-0.39, 0.29) is 6.04 Å². The zero-order chi connectivity index (χ0) is 15.2. The summed E-state index contributed by atoms with van der Waals surface area (Å²) in [5, 5.41) is 1.17. The largest absolute Gasteiger partial charge is 0.383 e.